The van der Waals surface area contributed by atoms with Crippen molar-refractivity contribution < 1.29 is 19.0 Å². The van der Waals surface area contributed by atoms with Crippen LogP contribution in [0.5, 0.6) is 11.5 Å². The van der Waals surface area contributed by atoms with Gasteiger partial charge in [-0.1, -0.05) is 6.92 Å². The maximum Gasteiger partial charge on any atom is 0.407 e. The first-order chi connectivity index (χ1) is 15.5. The van der Waals surface area contributed by atoms with E-state index < -0.39 is 0 Å². The van der Waals surface area contributed by atoms with Crippen molar-refractivity contribution in [3.8, 4) is 22.8 Å². The number of carbonyl (C=O) groups is 1. The first-order valence-electron chi connectivity index (χ1n) is 11.4. The molecule has 1 aromatic heterocycles. The topological polar surface area (TPSA) is 77.8 Å². The number of methoxy groups -OCH3 is 2. The van der Waals surface area contributed by atoms with Crippen molar-refractivity contribution in [2.24, 2.45) is 13.0 Å². The number of carbonyl (C=O) groups excluding carboxylic acids is 1. The Kier molecular flexibility index (Phi) is 6.89. The number of aryl methyl sites for hydroxylation is 1. The molecule has 32 heavy (non-hydrogen) atoms. The molecule has 0 aliphatic carbocycles. The van der Waals surface area contributed by atoms with E-state index in [-0.39, 0.29) is 6.09 Å². The molecule has 1 aromatic carbocycles. The second-order valence-electron chi connectivity index (χ2n) is 8.71. The molecular weight excluding hydrogens is 408 g/mol. The van der Waals surface area contributed by atoms with Crippen LogP contribution in [0.2, 0.25) is 0 Å². The molecule has 1 N–H and O–H groups in total. The third kappa shape index (κ3) is 4.55. The minimum Gasteiger partial charge on any atom is -0.493 e. The van der Waals surface area contributed by atoms with Crippen LogP contribution >= 0.6 is 0 Å². The Morgan fingerprint density at radius 3 is 2.72 bits per heavy atom. The number of hydrogen-bond acceptors (Lipinski definition) is 6. The van der Waals surface area contributed by atoms with Crippen LogP contribution in [0.3, 0.4) is 0 Å². The van der Waals surface area contributed by atoms with Crippen molar-refractivity contribution in [1.82, 2.24) is 20.0 Å². The summed E-state index contributed by atoms with van der Waals surface area (Å²) in [4.78, 5) is 14.3. The number of fused-ring (bicyclic) bond motifs is 3. The Bertz CT molecular complexity index is 944. The highest BCUT2D eigenvalue weighted by Crippen LogP contribution is 2.43. The zero-order valence-corrected chi connectivity index (χ0v) is 19.5. The van der Waals surface area contributed by atoms with Gasteiger partial charge >= 0.3 is 6.09 Å². The standard InChI is InChI=1S/C24H34N4O4/c1-5-9-25-24(29)32-15-18-11-16-8-10-28(18)14-19(16)21-13-20(26-27(21)2)17-6-7-22(30-3)23(12-17)31-4/h6-7,12-13,16,18-19H,5,8-11,14-15H2,1-4H3,(H,25,29). The second kappa shape index (κ2) is 9.81. The summed E-state index contributed by atoms with van der Waals surface area (Å²) in [7, 11) is 5.31. The zero-order chi connectivity index (χ0) is 22.7. The monoisotopic (exact) mass is 442 g/mol. The summed E-state index contributed by atoms with van der Waals surface area (Å²) in [5, 5.41) is 7.59. The van der Waals surface area contributed by atoms with E-state index in [1.54, 1.807) is 14.2 Å². The number of nitrogens with one attached hydrogen (secondary N) is 1. The van der Waals surface area contributed by atoms with Crippen molar-refractivity contribution in [3.63, 3.8) is 0 Å². The average Bonchev–Trinajstić information content (AvgIpc) is 3.22. The van der Waals surface area contributed by atoms with Gasteiger partial charge < -0.3 is 19.5 Å². The van der Waals surface area contributed by atoms with Crippen molar-refractivity contribution in [2.75, 3.05) is 40.5 Å². The van der Waals surface area contributed by atoms with Gasteiger partial charge in [-0.25, -0.2) is 4.79 Å². The number of piperidine rings is 3. The minimum atomic E-state index is -0.308. The minimum absolute atomic E-state index is 0.302. The highest BCUT2D eigenvalue weighted by Gasteiger charge is 2.42. The highest BCUT2D eigenvalue weighted by atomic mass is 16.5. The van der Waals surface area contributed by atoms with Crippen LogP contribution in [0.4, 0.5) is 4.79 Å². The number of rotatable bonds is 8. The molecule has 3 saturated heterocycles. The molecule has 4 heterocycles. The van der Waals surface area contributed by atoms with Gasteiger partial charge in [0.1, 0.15) is 6.61 Å². The molecule has 2 aromatic rings. The number of ether oxygens (including phenoxy) is 3. The van der Waals surface area contributed by atoms with Crippen LogP contribution < -0.4 is 14.8 Å². The van der Waals surface area contributed by atoms with E-state index in [0.717, 1.165) is 37.2 Å². The summed E-state index contributed by atoms with van der Waals surface area (Å²) in [5.41, 5.74) is 3.20. The van der Waals surface area contributed by atoms with E-state index in [0.29, 0.717) is 42.5 Å². The lowest BCUT2D eigenvalue weighted by Crippen LogP contribution is -2.54. The largest absolute Gasteiger partial charge is 0.493 e. The van der Waals surface area contributed by atoms with Gasteiger partial charge in [0.15, 0.2) is 11.5 Å². The Balaban J connectivity index is 1.45. The van der Waals surface area contributed by atoms with Crippen LogP contribution in [0.1, 0.15) is 37.8 Å². The summed E-state index contributed by atoms with van der Waals surface area (Å²) in [6.45, 7) is 5.18. The van der Waals surface area contributed by atoms with E-state index >= 15 is 0 Å². The summed E-state index contributed by atoms with van der Waals surface area (Å²) in [6.07, 6.45) is 2.81. The van der Waals surface area contributed by atoms with Crippen LogP contribution in [0.25, 0.3) is 11.3 Å². The van der Waals surface area contributed by atoms with Crippen molar-refractivity contribution >= 4 is 6.09 Å². The molecular formula is C24H34N4O4. The van der Waals surface area contributed by atoms with Crippen molar-refractivity contribution in [3.05, 3.63) is 30.0 Å². The quantitative estimate of drug-likeness (QED) is 0.675. The Labute approximate surface area is 189 Å². The molecule has 1 amide bonds. The number of alkyl carbamates (subject to hydrolysis) is 1. The fraction of sp³-hybridized carbons (Fsp3) is 0.583. The number of hydrogen-bond donors (Lipinski definition) is 1. The first kappa shape index (κ1) is 22.5. The lowest BCUT2D eigenvalue weighted by molar-refractivity contribution is -0.00414. The fourth-order valence-corrected chi connectivity index (χ4v) is 5.06. The fourth-order valence-electron chi connectivity index (χ4n) is 5.06. The van der Waals surface area contributed by atoms with Gasteiger partial charge in [0, 0.05) is 43.4 Å². The predicted octanol–water partition coefficient (Wildman–Crippen LogP) is 3.42. The summed E-state index contributed by atoms with van der Waals surface area (Å²) >= 11 is 0. The third-order valence-electron chi connectivity index (χ3n) is 6.78. The van der Waals surface area contributed by atoms with Crippen LogP contribution in [0, 0.1) is 5.92 Å². The van der Waals surface area contributed by atoms with Crippen LogP contribution in [-0.2, 0) is 11.8 Å². The Morgan fingerprint density at radius 2 is 2.03 bits per heavy atom. The van der Waals surface area contributed by atoms with Crippen molar-refractivity contribution in [1.29, 1.82) is 0 Å². The van der Waals surface area contributed by atoms with Gasteiger partial charge in [-0.15, -0.1) is 0 Å². The van der Waals surface area contributed by atoms with Gasteiger partial charge in [-0.3, -0.25) is 9.58 Å². The van der Waals surface area contributed by atoms with Crippen molar-refractivity contribution in [2.45, 2.75) is 38.1 Å². The summed E-state index contributed by atoms with van der Waals surface area (Å²) in [6, 6.07) is 8.41. The number of nitrogens with zero attached hydrogens (tertiary/aromatic N) is 3. The van der Waals surface area contributed by atoms with Gasteiger partial charge in [-0.2, -0.15) is 5.10 Å². The Morgan fingerprint density at radius 1 is 1.22 bits per heavy atom. The lowest BCUT2D eigenvalue weighted by Gasteiger charge is -2.49. The molecule has 3 aliphatic rings. The molecule has 174 valence electrons. The van der Waals surface area contributed by atoms with E-state index in [4.69, 9.17) is 19.3 Å². The van der Waals surface area contributed by atoms with Gasteiger partial charge in [0.05, 0.1) is 19.9 Å². The Hall–Kier alpha value is -2.74. The maximum absolute atomic E-state index is 11.8. The SMILES string of the molecule is CCCNC(=O)OCC1CC2CCN1CC2c1cc(-c2ccc(OC)c(OC)c2)nn1C. The molecule has 3 fully saturated rings. The molecule has 0 saturated carbocycles. The number of benzene rings is 1. The van der Waals surface area contributed by atoms with E-state index in [9.17, 15) is 4.79 Å². The number of aromatic nitrogens is 2. The smallest absolute Gasteiger partial charge is 0.407 e. The molecule has 0 radical (unpaired) electrons. The van der Waals surface area contributed by atoms with Crippen LogP contribution in [0.15, 0.2) is 24.3 Å². The summed E-state index contributed by atoms with van der Waals surface area (Å²) < 4.78 is 18.3. The second-order valence-corrected chi connectivity index (χ2v) is 8.71. The molecule has 0 spiro atoms. The molecule has 5 rings (SSSR count). The predicted molar refractivity (Wildman–Crippen MR) is 122 cm³/mol. The molecule has 3 aliphatic heterocycles. The first-order valence-corrected chi connectivity index (χ1v) is 11.4. The van der Waals surface area contributed by atoms with E-state index in [1.807, 2.05) is 36.9 Å². The van der Waals surface area contributed by atoms with Crippen LogP contribution in [-0.4, -0.2) is 67.3 Å². The van der Waals surface area contributed by atoms with E-state index in [1.165, 1.54) is 12.1 Å². The zero-order valence-electron chi connectivity index (χ0n) is 19.5. The van der Waals surface area contributed by atoms with Gasteiger partial charge in [0.25, 0.3) is 0 Å². The normalized spacial score (nSPS) is 24.2. The van der Waals surface area contributed by atoms with E-state index in [2.05, 4.69) is 16.3 Å². The molecule has 8 nitrogen and oxygen atoms in total. The highest BCUT2D eigenvalue weighted by molar-refractivity contribution is 5.67. The third-order valence-corrected chi connectivity index (χ3v) is 6.78. The van der Waals surface area contributed by atoms with Gasteiger partial charge in [-0.05, 0) is 56.0 Å². The molecule has 8 heteroatoms. The molecule has 2 bridgehead atoms. The summed E-state index contributed by atoms with van der Waals surface area (Å²) in [5.74, 6) is 2.41. The average molecular weight is 443 g/mol. The van der Waals surface area contributed by atoms with Gasteiger partial charge in [0.2, 0.25) is 0 Å². The lowest BCUT2D eigenvalue weighted by atomic mass is 9.74. The number of amides is 1. The molecule has 4 unspecified atom stereocenters. The molecule has 4 atom stereocenters. The maximum atomic E-state index is 11.8.